The van der Waals surface area contributed by atoms with E-state index in [0.29, 0.717) is 41.9 Å². The van der Waals surface area contributed by atoms with Crippen molar-refractivity contribution in [2.75, 3.05) is 35.7 Å². The van der Waals surface area contributed by atoms with Crippen LogP contribution in [0.15, 0.2) is 37.1 Å². The standard InChI is InChI=1S/C27H34N8O3/c1-4-22(36)23-17(6-5-7-20(23)32-25(37)21-8-11-28-21)14-29-27-34-26(31-18-9-12-38-13-10-18)33-24-19(16(2)3)15-30-35(24)27/h4-7,15-16,18,21,28H,1,8-14H2,2-3H3,(H,32,37)(H2,29,31,33,34)/t21-/m0/s1. The van der Waals surface area contributed by atoms with Gasteiger partial charge in [0, 0.05) is 31.4 Å². The summed E-state index contributed by atoms with van der Waals surface area (Å²) >= 11 is 0. The van der Waals surface area contributed by atoms with Crippen molar-refractivity contribution in [2.45, 2.75) is 57.7 Å². The summed E-state index contributed by atoms with van der Waals surface area (Å²) in [6.45, 7) is 10.4. The van der Waals surface area contributed by atoms with Crippen molar-refractivity contribution in [2.24, 2.45) is 0 Å². The Bertz CT molecular complexity index is 1340. The Labute approximate surface area is 221 Å². The predicted molar refractivity (Wildman–Crippen MR) is 146 cm³/mol. The number of benzene rings is 1. The molecule has 200 valence electrons. The molecule has 1 atom stereocenters. The molecule has 1 amide bonds. The number of aromatic nitrogens is 4. The highest BCUT2D eigenvalue weighted by Gasteiger charge is 2.26. The highest BCUT2D eigenvalue weighted by molar-refractivity contribution is 6.11. The molecule has 2 saturated heterocycles. The fraction of sp³-hybridized carbons (Fsp3) is 0.444. The van der Waals surface area contributed by atoms with Gasteiger partial charge in [0.25, 0.3) is 0 Å². The number of allylic oxidation sites excluding steroid dienone is 1. The van der Waals surface area contributed by atoms with E-state index in [-0.39, 0.29) is 36.2 Å². The zero-order chi connectivity index (χ0) is 26.6. The van der Waals surface area contributed by atoms with Crippen molar-refractivity contribution in [1.82, 2.24) is 24.9 Å². The number of nitrogens with one attached hydrogen (secondary N) is 4. The molecule has 5 rings (SSSR count). The number of carbonyl (C=O) groups excluding carboxylic acids is 2. The molecule has 0 spiro atoms. The first-order chi connectivity index (χ1) is 18.4. The molecule has 4 heterocycles. The second-order valence-corrected chi connectivity index (χ2v) is 9.94. The van der Waals surface area contributed by atoms with Gasteiger partial charge in [-0.05, 0) is 49.4 Å². The van der Waals surface area contributed by atoms with Gasteiger partial charge in [-0.3, -0.25) is 9.59 Å². The van der Waals surface area contributed by atoms with Gasteiger partial charge in [-0.15, -0.1) is 0 Å². The van der Waals surface area contributed by atoms with Gasteiger partial charge < -0.3 is 26.0 Å². The molecule has 0 saturated carbocycles. The molecule has 11 nitrogen and oxygen atoms in total. The van der Waals surface area contributed by atoms with Crippen molar-refractivity contribution >= 4 is 34.9 Å². The number of fused-ring (bicyclic) bond motifs is 1. The summed E-state index contributed by atoms with van der Waals surface area (Å²) in [5, 5.41) is 17.3. The third kappa shape index (κ3) is 5.39. The van der Waals surface area contributed by atoms with Gasteiger partial charge in [-0.2, -0.15) is 19.6 Å². The fourth-order valence-corrected chi connectivity index (χ4v) is 4.66. The Balaban J connectivity index is 1.45. The van der Waals surface area contributed by atoms with E-state index in [1.54, 1.807) is 10.6 Å². The average molecular weight is 519 g/mol. The van der Waals surface area contributed by atoms with E-state index in [1.165, 1.54) is 6.08 Å². The molecule has 2 aliphatic heterocycles. The highest BCUT2D eigenvalue weighted by atomic mass is 16.5. The molecule has 3 aromatic rings. The van der Waals surface area contributed by atoms with Gasteiger partial charge >= 0.3 is 0 Å². The van der Waals surface area contributed by atoms with Crippen LogP contribution in [0.25, 0.3) is 5.65 Å². The number of hydrogen-bond donors (Lipinski definition) is 4. The van der Waals surface area contributed by atoms with Gasteiger partial charge in [0.15, 0.2) is 11.4 Å². The summed E-state index contributed by atoms with van der Waals surface area (Å²) < 4.78 is 7.17. The summed E-state index contributed by atoms with van der Waals surface area (Å²) in [5.74, 6) is 0.828. The summed E-state index contributed by atoms with van der Waals surface area (Å²) in [7, 11) is 0. The lowest BCUT2D eigenvalue weighted by Crippen LogP contribution is -2.51. The van der Waals surface area contributed by atoms with Crippen molar-refractivity contribution in [3.63, 3.8) is 0 Å². The minimum Gasteiger partial charge on any atom is -0.381 e. The highest BCUT2D eigenvalue weighted by Crippen LogP contribution is 2.26. The monoisotopic (exact) mass is 518 g/mol. The van der Waals surface area contributed by atoms with Gasteiger partial charge in [-0.1, -0.05) is 32.6 Å². The van der Waals surface area contributed by atoms with Crippen LogP contribution >= 0.6 is 0 Å². The third-order valence-electron chi connectivity index (χ3n) is 6.99. The van der Waals surface area contributed by atoms with Crippen LogP contribution in [0.1, 0.15) is 60.5 Å². The topological polar surface area (TPSA) is 135 Å². The molecular formula is C27H34N8O3. The molecule has 11 heteroatoms. The average Bonchev–Trinajstić information content (AvgIpc) is 3.31. The largest absolute Gasteiger partial charge is 0.381 e. The van der Waals surface area contributed by atoms with Gasteiger partial charge in [-0.25, -0.2) is 0 Å². The molecule has 2 aliphatic rings. The first kappa shape index (κ1) is 25.8. The Kier molecular flexibility index (Phi) is 7.66. The Morgan fingerprint density at radius 2 is 2.03 bits per heavy atom. The third-order valence-corrected chi connectivity index (χ3v) is 6.99. The van der Waals surface area contributed by atoms with Crippen LogP contribution < -0.4 is 21.3 Å². The minimum atomic E-state index is -0.268. The molecule has 0 radical (unpaired) electrons. The summed E-state index contributed by atoms with van der Waals surface area (Å²) in [5.41, 5.74) is 3.31. The Morgan fingerprint density at radius 3 is 2.71 bits per heavy atom. The molecule has 0 unspecified atom stereocenters. The van der Waals surface area contributed by atoms with Crippen molar-refractivity contribution < 1.29 is 14.3 Å². The maximum Gasteiger partial charge on any atom is 0.241 e. The predicted octanol–water partition coefficient (Wildman–Crippen LogP) is 3.12. The van der Waals surface area contributed by atoms with Crippen LogP contribution in [0.5, 0.6) is 0 Å². The van der Waals surface area contributed by atoms with E-state index < -0.39 is 0 Å². The van der Waals surface area contributed by atoms with Crippen molar-refractivity contribution in [3.05, 3.63) is 53.7 Å². The number of carbonyl (C=O) groups is 2. The molecule has 2 aromatic heterocycles. The molecule has 38 heavy (non-hydrogen) atoms. The lowest BCUT2D eigenvalue weighted by Gasteiger charge is -2.26. The first-order valence-electron chi connectivity index (χ1n) is 13.1. The second kappa shape index (κ2) is 11.3. The number of anilines is 3. The van der Waals surface area contributed by atoms with Crippen LogP contribution in [-0.4, -0.2) is 63.1 Å². The smallest absolute Gasteiger partial charge is 0.241 e. The quantitative estimate of drug-likeness (QED) is 0.236. The number of amides is 1. The zero-order valence-corrected chi connectivity index (χ0v) is 21.8. The van der Waals surface area contributed by atoms with E-state index in [4.69, 9.17) is 14.7 Å². The van der Waals surface area contributed by atoms with Crippen LogP contribution in [-0.2, 0) is 16.1 Å². The second-order valence-electron chi connectivity index (χ2n) is 9.94. The summed E-state index contributed by atoms with van der Waals surface area (Å²) in [6.07, 6.45) is 5.62. The Hall–Kier alpha value is -3.83. The lowest BCUT2D eigenvalue weighted by molar-refractivity contribution is -0.119. The Morgan fingerprint density at radius 1 is 1.24 bits per heavy atom. The van der Waals surface area contributed by atoms with Crippen LogP contribution in [0.3, 0.4) is 0 Å². The van der Waals surface area contributed by atoms with Crippen LogP contribution in [0, 0.1) is 0 Å². The molecule has 4 N–H and O–H groups in total. The number of nitrogens with zero attached hydrogens (tertiary/aromatic N) is 4. The molecule has 0 aliphatic carbocycles. The number of ketones is 1. The molecule has 0 bridgehead atoms. The van der Waals surface area contributed by atoms with Gasteiger partial charge in [0.05, 0.1) is 23.5 Å². The lowest BCUT2D eigenvalue weighted by atomic mass is 10.00. The van der Waals surface area contributed by atoms with E-state index in [9.17, 15) is 9.59 Å². The van der Waals surface area contributed by atoms with E-state index in [1.807, 2.05) is 18.3 Å². The van der Waals surface area contributed by atoms with Crippen molar-refractivity contribution in [1.29, 1.82) is 0 Å². The summed E-state index contributed by atoms with van der Waals surface area (Å²) in [4.78, 5) is 35.0. The zero-order valence-electron chi connectivity index (χ0n) is 21.8. The molecular weight excluding hydrogens is 484 g/mol. The van der Waals surface area contributed by atoms with E-state index in [0.717, 1.165) is 37.0 Å². The number of hydrogen-bond acceptors (Lipinski definition) is 9. The van der Waals surface area contributed by atoms with E-state index >= 15 is 0 Å². The maximum atomic E-state index is 12.9. The minimum absolute atomic E-state index is 0.154. The SMILES string of the molecule is C=CC(=O)c1c(CNc2nc(NC3CCOCC3)nc3c(C(C)C)cnn23)cccc1NC(=O)[C@@H]1CCN1. The fourth-order valence-electron chi connectivity index (χ4n) is 4.66. The van der Waals surface area contributed by atoms with Gasteiger partial charge in [0.1, 0.15) is 0 Å². The molecule has 2 fully saturated rings. The molecule has 1 aromatic carbocycles. The van der Waals surface area contributed by atoms with Crippen molar-refractivity contribution in [3.8, 4) is 0 Å². The van der Waals surface area contributed by atoms with E-state index in [2.05, 4.69) is 46.8 Å². The van der Waals surface area contributed by atoms with Crippen LogP contribution in [0.2, 0.25) is 0 Å². The number of ether oxygens (including phenoxy) is 1. The summed E-state index contributed by atoms with van der Waals surface area (Å²) in [6, 6.07) is 5.39. The maximum absolute atomic E-state index is 12.9. The van der Waals surface area contributed by atoms with Gasteiger partial charge in [0.2, 0.25) is 17.8 Å². The normalized spacial score (nSPS) is 17.7. The number of rotatable bonds is 10. The van der Waals surface area contributed by atoms with Crippen LogP contribution in [0.4, 0.5) is 17.6 Å². The first-order valence-corrected chi connectivity index (χ1v) is 13.1.